The first-order valence-electron chi connectivity index (χ1n) is 8.80. The molecule has 0 saturated carbocycles. The summed E-state index contributed by atoms with van der Waals surface area (Å²) in [5, 5.41) is 4.09. The highest BCUT2D eigenvalue weighted by molar-refractivity contribution is 5.81. The molecule has 0 aliphatic rings. The van der Waals surface area contributed by atoms with Crippen LogP contribution < -0.4 is 20.5 Å². The Balaban J connectivity index is 1.96. The predicted octanol–water partition coefficient (Wildman–Crippen LogP) is 3.49. The number of anilines is 1. The van der Waals surface area contributed by atoms with Gasteiger partial charge in [0.2, 0.25) is 5.95 Å². The Morgan fingerprint density at radius 1 is 1.23 bits per heavy atom. The maximum absolute atomic E-state index is 11.4. The largest absolute Gasteiger partial charge is 0.493 e. The lowest BCUT2D eigenvalue weighted by Crippen LogP contribution is -2.10. The number of hydrazone groups is 1. The van der Waals surface area contributed by atoms with Gasteiger partial charge < -0.3 is 9.47 Å². The minimum Gasteiger partial charge on any atom is -0.493 e. The van der Waals surface area contributed by atoms with E-state index in [1.54, 1.807) is 20.2 Å². The van der Waals surface area contributed by atoms with Crippen LogP contribution >= 0.6 is 0 Å². The van der Waals surface area contributed by atoms with Gasteiger partial charge in [-0.05, 0) is 37.1 Å². The second-order valence-electron chi connectivity index (χ2n) is 5.92. The van der Waals surface area contributed by atoms with Crippen LogP contribution in [0.15, 0.2) is 34.2 Å². The minimum atomic E-state index is -0.225. The molecule has 1 aromatic heterocycles. The predicted molar refractivity (Wildman–Crippen MR) is 103 cm³/mol. The van der Waals surface area contributed by atoms with Crippen LogP contribution in [0.5, 0.6) is 11.5 Å². The summed E-state index contributed by atoms with van der Waals surface area (Å²) in [6.07, 6.45) is 6.26. The number of aromatic nitrogens is 2. The van der Waals surface area contributed by atoms with Crippen molar-refractivity contribution in [3.63, 3.8) is 0 Å². The SMILES string of the molecule is CCCCCCOc1ccc(/C=N\Nc2nc(C)cc(=O)[nH]2)cc1OC. The van der Waals surface area contributed by atoms with Crippen LogP contribution in [0.1, 0.15) is 43.9 Å². The first-order chi connectivity index (χ1) is 12.6. The van der Waals surface area contributed by atoms with Crippen molar-refractivity contribution in [2.75, 3.05) is 19.1 Å². The van der Waals surface area contributed by atoms with Gasteiger partial charge in [-0.15, -0.1) is 0 Å². The molecule has 0 aliphatic heterocycles. The molecule has 0 saturated heterocycles. The van der Waals surface area contributed by atoms with Gasteiger partial charge >= 0.3 is 0 Å². The third kappa shape index (κ3) is 6.23. The van der Waals surface area contributed by atoms with Gasteiger partial charge in [0.25, 0.3) is 5.56 Å². The standard InChI is InChI=1S/C19H26N4O3/c1-4-5-6-7-10-26-16-9-8-15(12-17(16)25-3)13-20-23-19-21-14(2)11-18(24)22-19/h8-9,11-13H,4-7,10H2,1-3H3,(H2,21,22,23,24)/b20-13-. The number of nitrogens with one attached hydrogen (secondary N) is 2. The second kappa shape index (κ2) is 10.2. The molecule has 1 aromatic carbocycles. The van der Waals surface area contributed by atoms with Gasteiger partial charge in [-0.3, -0.25) is 9.78 Å². The number of H-pyrrole nitrogens is 1. The Hall–Kier alpha value is -2.83. The van der Waals surface area contributed by atoms with Gasteiger partial charge in [-0.1, -0.05) is 26.2 Å². The summed E-state index contributed by atoms with van der Waals surface area (Å²) in [5.74, 6) is 1.68. The smallest absolute Gasteiger partial charge is 0.252 e. The fourth-order valence-electron chi connectivity index (χ4n) is 2.39. The number of nitrogens with zero attached hydrogens (tertiary/aromatic N) is 2. The first-order valence-corrected chi connectivity index (χ1v) is 8.80. The molecule has 140 valence electrons. The van der Waals surface area contributed by atoms with E-state index >= 15 is 0 Å². The molecule has 2 aromatic rings. The summed E-state index contributed by atoms with van der Waals surface area (Å²) < 4.78 is 11.2. The Labute approximate surface area is 153 Å². The molecule has 26 heavy (non-hydrogen) atoms. The molecular formula is C19H26N4O3. The Morgan fingerprint density at radius 2 is 2.08 bits per heavy atom. The molecule has 0 fully saturated rings. The van der Waals surface area contributed by atoms with E-state index < -0.39 is 0 Å². The second-order valence-corrected chi connectivity index (χ2v) is 5.92. The molecule has 0 amide bonds. The van der Waals surface area contributed by atoms with Crippen molar-refractivity contribution in [2.24, 2.45) is 5.10 Å². The number of benzene rings is 1. The molecule has 0 spiro atoms. The third-order valence-corrected chi connectivity index (χ3v) is 3.70. The van der Waals surface area contributed by atoms with Crippen LogP contribution in [0.25, 0.3) is 0 Å². The van der Waals surface area contributed by atoms with E-state index in [-0.39, 0.29) is 5.56 Å². The Bertz CT molecular complexity index is 787. The molecule has 0 atom stereocenters. The highest BCUT2D eigenvalue weighted by Gasteiger charge is 2.05. The van der Waals surface area contributed by atoms with Crippen molar-refractivity contribution in [1.82, 2.24) is 9.97 Å². The van der Waals surface area contributed by atoms with Crippen molar-refractivity contribution in [3.8, 4) is 11.5 Å². The van der Waals surface area contributed by atoms with Crippen molar-refractivity contribution in [1.29, 1.82) is 0 Å². The molecule has 0 bridgehead atoms. The minimum absolute atomic E-state index is 0.225. The van der Waals surface area contributed by atoms with E-state index in [1.807, 2.05) is 18.2 Å². The molecule has 2 rings (SSSR count). The zero-order chi connectivity index (χ0) is 18.8. The molecular weight excluding hydrogens is 332 g/mol. The number of aromatic amines is 1. The summed E-state index contributed by atoms with van der Waals surface area (Å²) in [6.45, 7) is 4.61. The lowest BCUT2D eigenvalue weighted by atomic mass is 10.2. The number of rotatable bonds is 10. The number of ether oxygens (including phenoxy) is 2. The van der Waals surface area contributed by atoms with Crippen LogP contribution in [0.3, 0.4) is 0 Å². The Morgan fingerprint density at radius 3 is 2.81 bits per heavy atom. The van der Waals surface area contributed by atoms with Gasteiger partial charge in [-0.25, -0.2) is 10.4 Å². The van der Waals surface area contributed by atoms with E-state index in [1.165, 1.54) is 25.3 Å². The number of methoxy groups -OCH3 is 1. The Kier molecular flexibility index (Phi) is 7.67. The number of aryl methyl sites for hydroxylation is 1. The van der Waals surface area contributed by atoms with Gasteiger partial charge in [0.1, 0.15) is 0 Å². The van der Waals surface area contributed by atoms with Gasteiger partial charge in [0.15, 0.2) is 11.5 Å². The van der Waals surface area contributed by atoms with Gasteiger partial charge in [-0.2, -0.15) is 5.10 Å². The normalized spacial score (nSPS) is 10.9. The monoisotopic (exact) mass is 358 g/mol. The van der Waals surface area contributed by atoms with Crippen molar-refractivity contribution < 1.29 is 9.47 Å². The maximum Gasteiger partial charge on any atom is 0.252 e. The average Bonchev–Trinajstić information content (AvgIpc) is 2.61. The topological polar surface area (TPSA) is 88.6 Å². The van der Waals surface area contributed by atoms with Crippen molar-refractivity contribution in [2.45, 2.75) is 39.5 Å². The zero-order valence-corrected chi connectivity index (χ0v) is 15.5. The highest BCUT2D eigenvalue weighted by Crippen LogP contribution is 2.27. The lowest BCUT2D eigenvalue weighted by molar-refractivity contribution is 0.285. The quantitative estimate of drug-likeness (QED) is 0.385. The highest BCUT2D eigenvalue weighted by atomic mass is 16.5. The van der Waals surface area contributed by atoms with Crippen molar-refractivity contribution >= 4 is 12.2 Å². The molecule has 7 heteroatoms. The van der Waals surface area contributed by atoms with Crippen LogP contribution in [-0.4, -0.2) is 29.9 Å². The molecule has 0 unspecified atom stereocenters. The molecule has 0 aliphatic carbocycles. The van der Waals surface area contributed by atoms with Crippen LogP contribution in [0.4, 0.5) is 5.95 Å². The average molecular weight is 358 g/mol. The van der Waals surface area contributed by atoms with E-state index in [4.69, 9.17) is 9.47 Å². The maximum atomic E-state index is 11.4. The van der Waals surface area contributed by atoms with E-state index in [2.05, 4.69) is 27.4 Å². The fraction of sp³-hybridized carbons (Fsp3) is 0.421. The third-order valence-electron chi connectivity index (χ3n) is 3.70. The van der Waals surface area contributed by atoms with Crippen LogP contribution in [0, 0.1) is 6.92 Å². The molecule has 1 heterocycles. The first kappa shape index (κ1) is 19.5. The number of hydrogen-bond donors (Lipinski definition) is 2. The molecule has 2 N–H and O–H groups in total. The lowest BCUT2D eigenvalue weighted by Gasteiger charge is -2.11. The fourth-order valence-corrected chi connectivity index (χ4v) is 2.39. The van der Waals surface area contributed by atoms with Gasteiger partial charge in [0, 0.05) is 11.8 Å². The summed E-state index contributed by atoms with van der Waals surface area (Å²) in [7, 11) is 1.61. The van der Waals surface area contributed by atoms with E-state index in [0.717, 1.165) is 17.7 Å². The molecule has 0 radical (unpaired) electrons. The van der Waals surface area contributed by atoms with E-state index in [0.29, 0.717) is 24.0 Å². The summed E-state index contributed by atoms with van der Waals surface area (Å²) >= 11 is 0. The van der Waals surface area contributed by atoms with Crippen LogP contribution in [-0.2, 0) is 0 Å². The van der Waals surface area contributed by atoms with Crippen molar-refractivity contribution in [3.05, 3.63) is 45.9 Å². The summed E-state index contributed by atoms with van der Waals surface area (Å²) in [5.41, 5.74) is 3.94. The molecule has 7 nitrogen and oxygen atoms in total. The van der Waals surface area contributed by atoms with E-state index in [9.17, 15) is 4.79 Å². The van der Waals surface area contributed by atoms with Gasteiger partial charge in [0.05, 0.1) is 19.9 Å². The number of hydrogen-bond acceptors (Lipinski definition) is 6. The van der Waals surface area contributed by atoms with Crippen LogP contribution in [0.2, 0.25) is 0 Å². The summed E-state index contributed by atoms with van der Waals surface area (Å²) in [6, 6.07) is 7.02. The zero-order valence-electron chi connectivity index (χ0n) is 15.5. The summed E-state index contributed by atoms with van der Waals surface area (Å²) in [4.78, 5) is 18.1. The number of unbranched alkanes of at least 4 members (excludes halogenated alkanes) is 3.